The number of methoxy groups -OCH3 is 2. The van der Waals surface area contributed by atoms with Crippen LogP contribution in [0.4, 0.5) is 18.3 Å². The topological polar surface area (TPSA) is 81.6 Å². The molecule has 29 heavy (non-hydrogen) atoms. The van der Waals surface area contributed by atoms with Crippen LogP contribution in [0, 0.1) is 17.5 Å². The van der Waals surface area contributed by atoms with Gasteiger partial charge in [0.1, 0.15) is 35.3 Å². The zero-order valence-electron chi connectivity index (χ0n) is 15.1. The van der Waals surface area contributed by atoms with Gasteiger partial charge in [-0.1, -0.05) is 0 Å². The van der Waals surface area contributed by atoms with Gasteiger partial charge in [-0.3, -0.25) is 0 Å². The summed E-state index contributed by atoms with van der Waals surface area (Å²) < 4.78 is 82.7. The molecule has 3 aromatic rings. The zero-order valence-corrected chi connectivity index (χ0v) is 16.7. The fraction of sp³-hybridized carbons (Fsp3) is 0.176. The van der Waals surface area contributed by atoms with Crippen molar-refractivity contribution in [3.8, 4) is 11.5 Å². The predicted molar refractivity (Wildman–Crippen MR) is 99.1 cm³/mol. The lowest BCUT2D eigenvalue weighted by Crippen LogP contribution is -2.32. The summed E-state index contributed by atoms with van der Waals surface area (Å²) >= 11 is 0.709. The number of ether oxygens (including phenoxy) is 2. The molecule has 0 N–H and O–H groups in total. The third-order valence-corrected chi connectivity index (χ3v) is 6.47. The summed E-state index contributed by atoms with van der Waals surface area (Å²) in [5.74, 6) is -3.60. The number of hydrogen-bond donors (Lipinski definition) is 0. The van der Waals surface area contributed by atoms with E-state index in [9.17, 15) is 21.6 Å². The molecule has 3 rings (SSSR count). The molecule has 1 heterocycles. The fourth-order valence-corrected chi connectivity index (χ4v) is 4.78. The Bertz CT molecular complexity index is 1100. The molecule has 0 aliphatic carbocycles. The van der Waals surface area contributed by atoms with Crippen molar-refractivity contribution < 1.29 is 31.1 Å². The average molecular weight is 445 g/mol. The normalized spacial score (nSPS) is 11.3. The van der Waals surface area contributed by atoms with E-state index in [-0.39, 0.29) is 17.4 Å². The molecule has 0 saturated heterocycles. The van der Waals surface area contributed by atoms with E-state index in [0.29, 0.717) is 39.3 Å². The van der Waals surface area contributed by atoms with Crippen LogP contribution in [0.15, 0.2) is 41.6 Å². The number of benzene rings is 2. The summed E-state index contributed by atoms with van der Waals surface area (Å²) in [6.07, 6.45) is 1.10. The minimum absolute atomic E-state index is 0.133. The molecule has 12 heteroatoms. The Kier molecular flexibility index (Phi) is 5.94. The monoisotopic (exact) mass is 445 g/mol. The number of rotatable bonds is 7. The van der Waals surface area contributed by atoms with Crippen molar-refractivity contribution in [2.24, 2.45) is 0 Å². The van der Waals surface area contributed by atoms with E-state index in [4.69, 9.17) is 9.47 Å². The number of anilines is 1. The minimum Gasteiger partial charge on any atom is -0.497 e. The Morgan fingerprint density at radius 1 is 1.07 bits per heavy atom. The molecule has 7 nitrogen and oxygen atoms in total. The molecule has 2 aromatic carbocycles. The molecule has 0 aliphatic heterocycles. The van der Waals surface area contributed by atoms with Crippen LogP contribution >= 0.6 is 11.5 Å². The molecule has 0 amide bonds. The number of nitrogens with zero attached hydrogens (tertiary/aromatic N) is 3. The lowest BCUT2D eigenvalue weighted by atomic mass is 10.2. The Morgan fingerprint density at radius 3 is 2.31 bits per heavy atom. The highest BCUT2D eigenvalue weighted by Gasteiger charge is 2.34. The first-order chi connectivity index (χ1) is 13.8. The maximum Gasteiger partial charge on any atom is 0.272 e. The molecule has 0 bridgehead atoms. The third kappa shape index (κ3) is 4.12. The van der Waals surface area contributed by atoms with Gasteiger partial charge in [-0.2, -0.15) is 4.37 Å². The Balaban J connectivity index is 2.13. The van der Waals surface area contributed by atoms with Crippen LogP contribution in [0.2, 0.25) is 0 Å². The first kappa shape index (κ1) is 20.9. The number of halogens is 3. The highest BCUT2D eigenvalue weighted by molar-refractivity contribution is 7.93. The highest BCUT2D eigenvalue weighted by Crippen LogP contribution is 2.33. The van der Waals surface area contributed by atoms with Crippen molar-refractivity contribution in [1.29, 1.82) is 0 Å². The van der Waals surface area contributed by atoms with Crippen LogP contribution in [-0.2, 0) is 16.6 Å². The Labute approximate surface area is 168 Å². The first-order valence-electron chi connectivity index (χ1n) is 7.92. The zero-order chi connectivity index (χ0) is 21.2. The van der Waals surface area contributed by atoms with Crippen LogP contribution < -0.4 is 13.8 Å². The third-order valence-electron chi connectivity index (χ3n) is 3.88. The van der Waals surface area contributed by atoms with Gasteiger partial charge < -0.3 is 9.47 Å². The minimum atomic E-state index is -4.80. The smallest absolute Gasteiger partial charge is 0.272 e. The summed E-state index contributed by atoms with van der Waals surface area (Å²) in [7, 11) is -1.98. The summed E-state index contributed by atoms with van der Waals surface area (Å²) in [5, 5.41) is -0.133. The van der Waals surface area contributed by atoms with Gasteiger partial charge in [-0.15, -0.1) is 0 Å². The van der Waals surface area contributed by atoms with Gasteiger partial charge in [0.2, 0.25) is 5.13 Å². The second kappa shape index (κ2) is 8.25. The van der Waals surface area contributed by atoms with E-state index < -0.39 is 32.4 Å². The van der Waals surface area contributed by atoms with Crippen molar-refractivity contribution in [2.75, 3.05) is 18.5 Å². The molecule has 0 unspecified atom stereocenters. The summed E-state index contributed by atoms with van der Waals surface area (Å²) in [5.41, 5.74) is 0.370. The van der Waals surface area contributed by atoms with Gasteiger partial charge in [0.25, 0.3) is 10.0 Å². The number of sulfonamides is 1. The number of aromatic nitrogens is 2. The maximum absolute atomic E-state index is 14.2. The van der Waals surface area contributed by atoms with Crippen molar-refractivity contribution >= 4 is 26.7 Å². The molecular weight excluding hydrogens is 431 g/mol. The van der Waals surface area contributed by atoms with Gasteiger partial charge in [0.05, 0.1) is 20.8 Å². The Morgan fingerprint density at radius 2 is 1.76 bits per heavy atom. The number of hydrogen-bond acceptors (Lipinski definition) is 7. The molecule has 0 atom stereocenters. The molecule has 0 radical (unpaired) electrons. The van der Waals surface area contributed by atoms with E-state index in [1.54, 1.807) is 12.1 Å². The van der Waals surface area contributed by atoms with Crippen LogP contribution in [-0.4, -0.2) is 32.0 Å². The lowest BCUT2D eigenvalue weighted by molar-refractivity contribution is 0.391. The van der Waals surface area contributed by atoms with Crippen molar-refractivity contribution in [2.45, 2.75) is 11.4 Å². The highest BCUT2D eigenvalue weighted by atomic mass is 32.2. The van der Waals surface area contributed by atoms with E-state index in [1.165, 1.54) is 20.3 Å². The molecule has 154 valence electrons. The van der Waals surface area contributed by atoms with E-state index in [0.717, 1.165) is 6.33 Å². The second-order valence-electron chi connectivity index (χ2n) is 5.61. The molecule has 0 aliphatic rings. The Hall–Kier alpha value is -2.86. The largest absolute Gasteiger partial charge is 0.497 e. The summed E-state index contributed by atoms with van der Waals surface area (Å²) in [6.45, 7) is -0.374. The van der Waals surface area contributed by atoms with Gasteiger partial charge in [0, 0.05) is 35.3 Å². The van der Waals surface area contributed by atoms with Gasteiger partial charge >= 0.3 is 0 Å². The quantitative estimate of drug-likeness (QED) is 0.555. The van der Waals surface area contributed by atoms with Crippen LogP contribution in [0.3, 0.4) is 0 Å². The van der Waals surface area contributed by atoms with Crippen molar-refractivity contribution in [3.63, 3.8) is 0 Å². The van der Waals surface area contributed by atoms with Gasteiger partial charge in [-0.05, 0) is 12.1 Å². The molecule has 0 fully saturated rings. The van der Waals surface area contributed by atoms with Crippen LogP contribution in [0.5, 0.6) is 11.5 Å². The predicted octanol–water partition coefficient (Wildman–Crippen LogP) is 3.37. The second-order valence-corrected chi connectivity index (χ2v) is 8.17. The van der Waals surface area contributed by atoms with E-state index in [2.05, 4.69) is 9.36 Å². The SMILES string of the molecule is COc1ccc(CN(c2ncns2)S(=O)(=O)c2c(F)cc(F)cc2F)c(OC)c1. The summed E-state index contributed by atoms with van der Waals surface area (Å²) in [4.78, 5) is 2.55. The molecular formula is C17H14F3N3O4S2. The van der Waals surface area contributed by atoms with Gasteiger partial charge in [0.15, 0.2) is 4.90 Å². The molecule has 1 aromatic heterocycles. The fourth-order valence-electron chi connectivity index (χ4n) is 2.56. The van der Waals surface area contributed by atoms with Crippen molar-refractivity contribution in [3.05, 3.63) is 59.7 Å². The average Bonchev–Trinajstić information content (AvgIpc) is 3.18. The van der Waals surface area contributed by atoms with Crippen LogP contribution in [0.1, 0.15) is 5.56 Å². The van der Waals surface area contributed by atoms with E-state index >= 15 is 0 Å². The lowest BCUT2D eigenvalue weighted by Gasteiger charge is -2.23. The molecule has 0 saturated carbocycles. The molecule has 0 spiro atoms. The maximum atomic E-state index is 14.2. The summed E-state index contributed by atoms with van der Waals surface area (Å²) in [6, 6.07) is 5.23. The van der Waals surface area contributed by atoms with Crippen molar-refractivity contribution in [1.82, 2.24) is 9.36 Å². The van der Waals surface area contributed by atoms with Crippen LogP contribution in [0.25, 0.3) is 0 Å². The van der Waals surface area contributed by atoms with E-state index in [1.807, 2.05) is 0 Å². The standard InChI is InChI=1S/C17H14F3N3O4S2/c1-26-12-4-3-10(15(7-12)27-2)8-23(17-21-9-22-28-17)29(24,25)16-13(19)5-11(18)6-14(16)20/h3-7,9H,8H2,1-2H3. The first-order valence-corrected chi connectivity index (χ1v) is 10.1. The van der Waals surface area contributed by atoms with Gasteiger partial charge in [-0.25, -0.2) is 30.9 Å².